The number of nitrogens with zero attached hydrogens (tertiary/aromatic N) is 1. The summed E-state index contributed by atoms with van der Waals surface area (Å²) in [6.07, 6.45) is 1.29. The minimum Gasteiger partial charge on any atom is -0.493 e. The molecule has 4 heteroatoms. The predicted octanol–water partition coefficient (Wildman–Crippen LogP) is 1.41. The van der Waals surface area contributed by atoms with E-state index in [1.807, 2.05) is 7.05 Å². The second-order valence-electron chi connectivity index (χ2n) is 4.33. The fourth-order valence-corrected chi connectivity index (χ4v) is 2.45. The Labute approximate surface area is 103 Å². The molecule has 0 amide bonds. The van der Waals surface area contributed by atoms with Crippen molar-refractivity contribution in [1.82, 2.24) is 10.2 Å². The Hall–Kier alpha value is -1.26. The van der Waals surface area contributed by atoms with Crippen molar-refractivity contribution in [1.29, 1.82) is 0 Å². The van der Waals surface area contributed by atoms with Crippen molar-refractivity contribution in [2.24, 2.45) is 0 Å². The Morgan fingerprint density at radius 3 is 2.47 bits per heavy atom. The summed E-state index contributed by atoms with van der Waals surface area (Å²) in [4.78, 5) is 2.30. The molecule has 1 heterocycles. The van der Waals surface area contributed by atoms with Gasteiger partial charge in [0.25, 0.3) is 0 Å². The first-order chi connectivity index (χ1) is 8.21. The lowest BCUT2D eigenvalue weighted by Crippen LogP contribution is -2.39. The van der Waals surface area contributed by atoms with E-state index in [9.17, 15) is 0 Å². The van der Waals surface area contributed by atoms with E-state index in [4.69, 9.17) is 9.47 Å². The highest BCUT2D eigenvalue weighted by atomic mass is 16.5. The lowest BCUT2D eigenvalue weighted by molar-refractivity contribution is 0.202. The minimum atomic E-state index is 0.249. The van der Waals surface area contributed by atoms with Gasteiger partial charge in [-0.3, -0.25) is 4.90 Å². The number of hydrogen-bond acceptors (Lipinski definition) is 4. The second-order valence-corrected chi connectivity index (χ2v) is 4.33. The van der Waals surface area contributed by atoms with Crippen LogP contribution in [0.3, 0.4) is 0 Å². The first-order valence-electron chi connectivity index (χ1n) is 5.83. The molecule has 1 aliphatic heterocycles. The van der Waals surface area contributed by atoms with E-state index < -0.39 is 0 Å². The van der Waals surface area contributed by atoms with Crippen molar-refractivity contribution in [3.8, 4) is 11.5 Å². The van der Waals surface area contributed by atoms with Crippen LogP contribution < -0.4 is 14.8 Å². The van der Waals surface area contributed by atoms with Crippen LogP contribution in [0.1, 0.15) is 17.3 Å². The summed E-state index contributed by atoms with van der Waals surface area (Å²) < 4.78 is 10.7. The summed E-state index contributed by atoms with van der Waals surface area (Å²) in [5.74, 6) is 1.60. The molecule has 0 bridgehead atoms. The topological polar surface area (TPSA) is 33.7 Å². The molecular weight excluding hydrogens is 216 g/mol. The van der Waals surface area contributed by atoms with Gasteiger partial charge in [0, 0.05) is 6.54 Å². The van der Waals surface area contributed by atoms with Gasteiger partial charge in [-0.25, -0.2) is 0 Å². The molecule has 17 heavy (non-hydrogen) atoms. The Morgan fingerprint density at radius 2 is 1.88 bits per heavy atom. The summed E-state index contributed by atoms with van der Waals surface area (Å²) in [5, 5.41) is 3.33. The molecule has 4 nitrogen and oxygen atoms in total. The normalized spacial score (nSPS) is 19.9. The zero-order valence-electron chi connectivity index (χ0n) is 10.9. The van der Waals surface area contributed by atoms with Gasteiger partial charge in [0.15, 0.2) is 11.5 Å². The highest BCUT2D eigenvalue weighted by Crippen LogP contribution is 2.36. The molecular formula is C13H20N2O2. The van der Waals surface area contributed by atoms with Gasteiger partial charge in [0.2, 0.25) is 0 Å². The second kappa shape index (κ2) is 4.94. The molecule has 2 rings (SSSR count). The number of nitrogens with one attached hydrogen (secondary N) is 1. The van der Waals surface area contributed by atoms with Gasteiger partial charge >= 0.3 is 0 Å². The molecule has 0 aromatic heterocycles. The lowest BCUT2D eigenvalue weighted by Gasteiger charge is -2.34. The van der Waals surface area contributed by atoms with Crippen molar-refractivity contribution in [2.75, 3.05) is 34.9 Å². The average molecular weight is 236 g/mol. The van der Waals surface area contributed by atoms with Gasteiger partial charge < -0.3 is 14.8 Å². The molecule has 0 saturated carbocycles. The molecule has 1 atom stereocenters. The minimum absolute atomic E-state index is 0.249. The zero-order valence-corrected chi connectivity index (χ0v) is 10.9. The van der Waals surface area contributed by atoms with Crippen LogP contribution in [0.2, 0.25) is 0 Å². The number of benzene rings is 1. The van der Waals surface area contributed by atoms with Crippen molar-refractivity contribution in [3.63, 3.8) is 0 Å². The number of ether oxygens (including phenoxy) is 2. The van der Waals surface area contributed by atoms with E-state index in [0.29, 0.717) is 0 Å². The van der Waals surface area contributed by atoms with E-state index in [-0.39, 0.29) is 6.17 Å². The van der Waals surface area contributed by atoms with Crippen molar-refractivity contribution in [2.45, 2.75) is 12.6 Å². The number of likely N-dealkylation sites (N-methyl/N-ethyl adjacent to an activating group) is 1. The number of hydrogen-bond donors (Lipinski definition) is 1. The average Bonchev–Trinajstić information content (AvgIpc) is 2.37. The van der Waals surface area contributed by atoms with Crippen LogP contribution >= 0.6 is 0 Å². The zero-order chi connectivity index (χ0) is 12.4. The van der Waals surface area contributed by atoms with Crippen LogP contribution in [-0.4, -0.2) is 39.8 Å². The number of rotatable bonds is 3. The Bertz CT molecular complexity index is 407. The van der Waals surface area contributed by atoms with Crippen LogP contribution in [0.15, 0.2) is 12.1 Å². The van der Waals surface area contributed by atoms with Crippen LogP contribution in [-0.2, 0) is 6.42 Å². The third kappa shape index (κ3) is 2.10. The molecule has 1 aromatic rings. The Balaban J connectivity index is 2.48. The molecule has 0 fully saturated rings. The fraction of sp³-hybridized carbons (Fsp3) is 0.538. The summed E-state index contributed by atoms with van der Waals surface area (Å²) in [6.45, 7) is 1.05. The Morgan fingerprint density at radius 1 is 1.24 bits per heavy atom. The smallest absolute Gasteiger partial charge is 0.161 e. The molecule has 1 N–H and O–H groups in total. The highest BCUT2D eigenvalue weighted by Gasteiger charge is 2.25. The molecule has 0 radical (unpaired) electrons. The maximum absolute atomic E-state index is 5.36. The number of fused-ring (bicyclic) bond motifs is 1. The van der Waals surface area contributed by atoms with Crippen LogP contribution in [0.4, 0.5) is 0 Å². The fourth-order valence-electron chi connectivity index (χ4n) is 2.45. The standard InChI is InChI=1S/C13H20N2O2/c1-14-13-10-8-12(17-4)11(16-3)7-9(10)5-6-15(13)2/h7-8,13-14H,5-6H2,1-4H3. The Kier molecular flexibility index (Phi) is 3.54. The number of methoxy groups -OCH3 is 2. The third-order valence-corrected chi connectivity index (χ3v) is 3.39. The molecule has 1 aromatic carbocycles. The van der Waals surface area contributed by atoms with Crippen molar-refractivity contribution < 1.29 is 9.47 Å². The maximum Gasteiger partial charge on any atom is 0.161 e. The summed E-state index contributed by atoms with van der Waals surface area (Å²) in [5.41, 5.74) is 2.61. The third-order valence-electron chi connectivity index (χ3n) is 3.39. The van der Waals surface area contributed by atoms with E-state index in [2.05, 4.69) is 29.4 Å². The summed E-state index contributed by atoms with van der Waals surface area (Å²) >= 11 is 0. The van der Waals surface area contributed by atoms with E-state index in [1.54, 1.807) is 14.2 Å². The van der Waals surface area contributed by atoms with Crippen LogP contribution in [0.25, 0.3) is 0 Å². The maximum atomic E-state index is 5.36. The van der Waals surface area contributed by atoms with Crippen LogP contribution in [0, 0.1) is 0 Å². The van der Waals surface area contributed by atoms with Crippen LogP contribution in [0.5, 0.6) is 11.5 Å². The summed E-state index contributed by atoms with van der Waals surface area (Å²) in [6, 6.07) is 4.16. The van der Waals surface area contributed by atoms with Gasteiger partial charge in [0.1, 0.15) is 0 Å². The van der Waals surface area contributed by atoms with Gasteiger partial charge in [-0.05, 0) is 43.8 Å². The van der Waals surface area contributed by atoms with E-state index in [0.717, 1.165) is 24.5 Å². The van der Waals surface area contributed by atoms with Gasteiger partial charge in [-0.15, -0.1) is 0 Å². The first-order valence-corrected chi connectivity index (χ1v) is 5.83. The van der Waals surface area contributed by atoms with Gasteiger partial charge in [0.05, 0.1) is 20.4 Å². The molecule has 0 aliphatic carbocycles. The van der Waals surface area contributed by atoms with Gasteiger partial charge in [-0.2, -0.15) is 0 Å². The molecule has 1 unspecified atom stereocenters. The van der Waals surface area contributed by atoms with E-state index in [1.165, 1.54) is 11.1 Å². The summed E-state index contributed by atoms with van der Waals surface area (Å²) in [7, 11) is 7.45. The predicted molar refractivity (Wildman–Crippen MR) is 67.7 cm³/mol. The van der Waals surface area contributed by atoms with Crippen molar-refractivity contribution in [3.05, 3.63) is 23.3 Å². The van der Waals surface area contributed by atoms with Crippen molar-refractivity contribution >= 4 is 0 Å². The quantitative estimate of drug-likeness (QED) is 0.860. The largest absolute Gasteiger partial charge is 0.493 e. The molecule has 0 spiro atoms. The molecule has 0 saturated heterocycles. The first kappa shape index (κ1) is 12.2. The van der Waals surface area contributed by atoms with E-state index >= 15 is 0 Å². The monoisotopic (exact) mass is 236 g/mol. The lowest BCUT2D eigenvalue weighted by atomic mass is 9.96. The molecule has 94 valence electrons. The highest BCUT2D eigenvalue weighted by molar-refractivity contribution is 5.49. The van der Waals surface area contributed by atoms with Gasteiger partial charge in [-0.1, -0.05) is 0 Å². The SMILES string of the molecule is CNC1c2cc(OC)c(OC)cc2CCN1C. The molecule has 1 aliphatic rings.